The van der Waals surface area contributed by atoms with E-state index in [9.17, 15) is 0 Å². The Kier molecular flexibility index (Phi) is 5.47. The van der Waals surface area contributed by atoms with Gasteiger partial charge in [-0.05, 0) is 11.1 Å². The van der Waals surface area contributed by atoms with Crippen molar-refractivity contribution >= 4 is 5.71 Å². The van der Waals surface area contributed by atoms with Gasteiger partial charge in [0.25, 0.3) is 0 Å². The molecule has 1 N–H and O–H groups in total. The Morgan fingerprint density at radius 3 is 2.20 bits per heavy atom. The second kappa shape index (κ2) is 7.58. The maximum Gasteiger partial charge on any atom is 0.124 e. The first-order chi connectivity index (χ1) is 9.86. The minimum atomic E-state index is -0.231. The molecule has 2 aromatic rings. The Bertz CT molecular complexity index is 537. The average Bonchev–Trinajstić information content (AvgIpc) is 2.53. The van der Waals surface area contributed by atoms with E-state index in [0.29, 0.717) is 6.54 Å². The number of aliphatic hydroxyl groups is 1. The second-order valence-corrected chi connectivity index (χ2v) is 4.38. The third kappa shape index (κ3) is 3.53. The molecule has 3 heteroatoms. The molecule has 1 unspecified atom stereocenters. The standard InChI is InChI=1S/C17H19NO2/c1-20-17(15-10-6-3-7-11-15)16(18-12-13-19)14-8-4-2-5-9-14/h2-11,17,19H,12-13H2,1H3. The molecular weight excluding hydrogens is 250 g/mol. The van der Waals surface area contributed by atoms with Crippen LogP contribution >= 0.6 is 0 Å². The molecule has 0 aliphatic heterocycles. The van der Waals surface area contributed by atoms with Crippen molar-refractivity contribution in [2.75, 3.05) is 20.3 Å². The molecule has 0 fully saturated rings. The van der Waals surface area contributed by atoms with Crippen molar-refractivity contribution in [2.24, 2.45) is 4.99 Å². The van der Waals surface area contributed by atoms with Gasteiger partial charge in [0.1, 0.15) is 6.10 Å². The normalized spacial score (nSPS) is 13.2. The van der Waals surface area contributed by atoms with E-state index in [0.717, 1.165) is 16.8 Å². The first-order valence-corrected chi connectivity index (χ1v) is 6.65. The minimum Gasteiger partial charge on any atom is -0.394 e. The van der Waals surface area contributed by atoms with Gasteiger partial charge in [0.2, 0.25) is 0 Å². The van der Waals surface area contributed by atoms with Crippen LogP contribution in [0.15, 0.2) is 65.7 Å². The zero-order valence-electron chi connectivity index (χ0n) is 11.6. The average molecular weight is 269 g/mol. The summed E-state index contributed by atoms with van der Waals surface area (Å²) in [7, 11) is 1.68. The first kappa shape index (κ1) is 14.4. The lowest BCUT2D eigenvalue weighted by Gasteiger charge is -2.19. The molecule has 20 heavy (non-hydrogen) atoms. The largest absolute Gasteiger partial charge is 0.394 e. The molecule has 0 radical (unpaired) electrons. The van der Waals surface area contributed by atoms with Gasteiger partial charge in [0.05, 0.1) is 18.9 Å². The lowest BCUT2D eigenvalue weighted by atomic mass is 9.99. The summed E-state index contributed by atoms with van der Waals surface area (Å²) in [6.07, 6.45) is -0.231. The number of aliphatic hydroxyl groups excluding tert-OH is 1. The predicted molar refractivity (Wildman–Crippen MR) is 81.1 cm³/mol. The van der Waals surface area contributed by atoms with Crippen molar-refractivity contribution in [3.63, 3.8) is 0 Å². The van der Waals surface area contributed by atoms with Gasteiger partial charge in [-0.3, -0.25) is 4.99 Å². The maximum atomic E-state index is 9.04. The van der Waals surface area contributed by atoms with Crippen LogP contribution in [-0.4, -0.2) is 31.1 Å². The van der Waals surface area contributed by atoms with Crippen LogP contribution in [-0.2, 0) is 4.74 Å². The maximum absolute atomic E-state index is 9.04. The van der Waals surface area contributed by atoms with Crippen LogP contribution < -0.4 is 0 Å². The monoisotopic (exact) mass is 269 g/mol. The third-order valence-electron chi connectivity index (χ3n) is 3.04. The van der Waals surface area contributed by atoms with Gasteiger partial charge in [0, 0.05) is 7.11 Å². The van der Waals surface area contributed by atoms with Gasteiger partial charge in [-0.25, -0.2) is 0 Å². The number of rotatable bonds is 6. The molecule has 0 heterocycles. The summed E-state index contributed by atoms with van der Waals surface area (Å²) >= 11 is 0. The molecule has 0 saturated heterocycles. The van der Waals surface area contributed by atoms with E-state index in [1.165, 1.54) is 0 Å². The molecule has 0 aliphatic rings. The number of benzene rings is 2. The highest BCUT2D eigenvalue weighted by Gasteiger charge is 2.18. The van der Waals surface area contributed by atoms with Gasteiger partial charge in [-0.1, -0.05) is 60.7 Å². The highest BCUT2D eigenvalue weighted by atomic mass is 16.5. The summed E-state index contributed by atoms with van der Waals surface area (Å²) in [6.45, 7) is 0.401. The number of hydrogen-bond donors (Lipinski definition) is 1. The van der Waals surface area contributed by atoms with Gasteiger partial charge in [-0.15, -0.1) is 0 Å². The van der Waals surface area contributed by atoms with Gasteiger partial charge >= 0.3 is 0 Å². The quantitative estimate of drug-likeness (QED) is 0.819. The third-order valence-corrected chi connectivity index (χ3v) is 3.04. The molecule has 2 aromatic carbocycles. The Morgan fingerprint density at radius 1 is 1.05 bits per heavy atom. The fraction of sp³-hybridized carbons (Fsp3) is 0.235. The summed E-state index contributed by atoms with van der Waals surface area (Å²) in [6, 6.07) is 19.9. The van der Waals surface area contributed by atoms with E-state index in [-0.39, 0.29) is 12.7 Å². The molecule has 0 saturated carbocycles. The van der Waals surface area contributed by atoms with E-state index < -0.39 is 0 Å². The minimum absolute atomic E-state index is 0.0293. The van der Waals surface area contributed by atoms with Crippen LogP contribution in [0.2, 0.25) is 0 Å². The van der Waals surface area contributed by atoms with Gasteiger partial charge < -0.3 is 9.84 Å². The van der Waals surface area contributed by atoms with Crippen molar-refractivity contribution in [1.29, 1.82) is 0 Å². The predicted octanol–water partition coefficient (Wildman–Crippen LogP) is 2.86. The lowest BCUT2D eigenvalue weighted by molar-refractivity contribution is 0.158. The van der Waals surface area contributed by atoms with Crippen LogP contribution in [0, 0.1) is 0 Å². The second-order valence-electron chi connectivity index (χ2n) is 4.38. The van der Waals surface area contributed by atoms with Crippen LogP contribution in [0.3, 0.4) is 0 Å². The number of nitrogens with zero attached hydrogens (tertiary/aromatic N) is 1. The molecule has 0 bridgehead atoms. The summed E-state index contributed by atoms with van der Waals surface area (Å²) in [5, 5.41) is 9.04. The Labute approximate surface area is 119 Å². The molecule has 104 valence electrons. The van der Waals surface area contributed by atoms with Crippen LogP contribution in [0.5, 0.6) is 0 Å². The van der Waals surface area contributed by atoms with Crippen LogP contribution in [0.25, 0.3) is 0 Å². The number of methoxy groups -OCH3 is 1. The van der Waals surface area contributed by atoms with Gasteiger partial charge in [0.15, 0.2) is 0 Å². The van der Waals surface area contributed by atoms with Crippen molar-refractivity contribution in [3.05, 3.63) is 71.8 Å². The van der Waals surface area contributed by atoms with Gasteiger partial charge in [-0.2, -0.15) is 0 Å². The molecule has 3 nitrogen and oxygen atoms in total. The topological polar surface area (TPSA) is 41.8 Å². The van der Waals surface area contributed by atoms with Crippen LogP contribution in [0.1, 0.15) is 17.2 Å². The highest BCUT2D eigenvalue weighted by Crippen LogP contribution is 2.22. The molecule has 0 aliphatic carbocycles. The molecule has 0 aromatic heterocycles. The SMILES string of the molecule is COC(C(=NCCO)c1ccccc1)c1ccccc1. The van der Waals surface area contributed by atoms with E-state index in [2.05, 4.69) is 4.99 Å². The molecule has 2 rings (SSSR count). The lowest BCUT2D eigenvalue weighted by Crippen LogP contribution is -2.17. The molecule has 1 atom stereocenters. The van der Waals surface area contributed by atoms with Crippen molar-refractivity contribution in [1.82, 2.24) is 0 Å². The molecule has 0 amide bonds. The Balaban J connectivity index is 2.40. The smallest absolute Gasteiger partial charge is 0.124 e. The fourth-order valence-electron chi connectivity index (χ4n) is 2.14. The van der Waals surface area contributed by atoms with Crippen molar-refractivity contribution in [3.8, 4) is 0 Å². The molecule has 0 spiro atoms. The highest BCUT2D eigenvalue weighted by molar-refractivity contribution is 6.04. The van der Waals surface area contributed by atoms with Crippen molar-refractivity contribution in [2.45, 2.75) is 6.10 Å². The van der Waals surface area contributed by atoms with E-state index >= 15 is 0 Å². The van der Waals surface area contributed by atoms with E-state index in [1.54, 1.807) is 7.11 Å². The summed E-state index contributed by atoms with van der Waals surface area (Å²) < 4.78 is 5.64. The van der Waals surface area contributed by atoms with E-state index in [4.69, 9.17) is 9.84 Å². The van der Waals surface area contributed by atoms with Crippen molar-refractivity contribution < 1.29 is 9.84 Å². The summed E-state index contributed by atoms with van der Waals surface area (Å²) in [5.74, 6) is 0. The number of aliphatic imine (C=N–C) groups is 1. The number of hydrogen-bond acceptors (Lipinski definition) is 3. The first-order valence-electron chi connectivity index (χ1n) is 6.65. The zero-order valence-corrected chi connectivity index (χ0v) is 11.6. The summed E-state index contributed by atoms with van der Waals surface area (Å²) in [4.78, 5) is 4.50. The van der Waals surface area contributed by atoms with E-state index in [1.807, 2.05) is 60.7 Å². The summed E-state index contributed by atoms with van der Waals surface area (Å²) in [5.41, 5.74) is 2.90. The molecular formula is C17H19NO2. The number of ether oxygens (including phenoxy) is 1. The Morgan fingerprint density at radius 2 is 1.65 bits per heavy atom. The Hall–Kier alpha value is -1.97. The van der Waals surface area contributed by atoms with Crippen LogP contribution in [0.4, 0.5) is 0 Å². The fourth-order valence-corrected chi connectivity index (χ4v) is 2.14. The zero-order chi connectivity index (χ0) is 14.2.